The Labute approximate surface area is 138 Å². The first kappa shape index (κ1) is 15.5. The number of H-pyrrole nitrogens is 1. The van der Waals surface area contributed by atoms with Crippen LogP contribution in [0.4, 0.5) is 0 Å². The van der Waals surface area contributed by atoms with E-state index < -0.39 is 11.8 Å². The largest absolute Gasteiger partial charge is 0.357 e. The van der Waals surface area contributed by atoms with Gasteiger partial charge in [-0.25, -0.2) is 4.68 Å². The molecule has 0 aliphatic rings. The van der Waals surface area contributed by atoms with E-state index in [1.165, 1.54) is 6.20 Å². The van der Waals surface area contributed by atoms with E-state index in [4.69, 9.17) is 0 Å². The first-order valence-corrected chi connectivity index (χ1v) is 7.42. The van der Waals surface area contributed by atoms with Crippen molar-refractivity contribution in [2.45, 2.75) is 13.8 Å². The Balaban J connectivity index is 1.75. The highest BCUT2D eigenvalue weighted by Crippen LogP contribution is 2.17. The molecule has 1 aromatic carbocycles. The fourth-order valence-electron chi connectivity index (χ4n) is 2.40. The van der Waals surface area contributed by atoms with Crippen molar-refractivity contribution in [2.24, 2.45) is 0 Å². The van der Waals surface area contributed by atoms with E-state index in [9.17, 15) is 9.59 Å². The minimum absolute atomic E-state index is 0.364. The average molecular weight is 323 g/mol. The minimum Gasteiger partial charge on any atom is -0.357 e. The lowest BCUT2D eigenvalue weighted by molar-refractivity contribution is 0.0844. The molecule has 3 aromatic rings. The Morgan fingerprint density at radius 2 is 1.79 bits per heavy atom. The van der Waals surface area contributed by atoms with E-state index in [2.05, 4.69) is 20.9 Å². The van der Waals surface area contributed by atoms with Crippen molar-refractivity contribution >= 4 is 11.8 Å². The monoisotopic (exact) mass is 323 g/mol. The number of aromatic nitrogens is 3. The lowest BCUT2D eigenvalue weighted by atomic mass is 10.2. The molecule has 0 saturated carbocycles. The summed E-state index contributed by atoms with van der Waals surface area (Å²) in [5, 5.41) is 4.28. The predicted molar refractivity (Wildman–Crippen MR) is 88.8 cm³/mol. The molecule has 0 atom stereocenters. The van der Waals surface area contributed by atoms with E-state index in [0.717, 1.165) is 11.3 Å². The van der Waals surface area contributed by atoms with Crippen LogP contribution in [-0.2, 0) is 0 Å². The third kappa shape index (κ3) is 2.91. The molecule has 0 aliphatic heterocycles. The number of amides is 2. The van der Waals surface area contributed by atoms with Gasteiger partial charge in [0.1, 0.15) is 5.69 Å². The van der Waals surface area contributed by atoms with Gasteiger partial charge in [0.05, 0.1) is 23.1 Å². The number of aryl methyl sites for hydroxylation is 1. The second-order valence-electron chi connectivity index (χ2n) is 5.33. The predicted octanol–water partition coefficient (Wildman–Crippen LogP) is 1.89. The molecular weight excluding hydrogens is 306 g/mol. The van der Waals surface area contributed by atoms with Crippen LogP contribution in [0.1, 0.15) is 32.1 Å². The summed E-state index contributed by atoms with van der Waals surface area (Å²) < 4.78 is 1.71. The topological polar surface area (TPSA) is 91.8 Å². The van der Waals surface area contributed by atoms with Crippen molar-refractivity contribution in [3.05, 3.63) is 71.3 Å². The molecule has 3 N–H and O–H groups in total. The molecule has 0 saturated heterocycles. The number of carbonyl (C=O) groups is 2. The van der Waals surface area contributed by atoms with Crippen molar-refractivity contribution in [1.82, 2.24) is 25.6 Å². The zero-order chi connectivity index (χ0) is 17.1. The van der Waals surface area contributed by atoms with Gasteiger partial charge in [0, 0.05) is 6.20 Å². The molecule has 0 unspecified atom stereocenters. The molecule has 24 heavy (non-hydrogen) atoms. The summed E-state index contributed by atoms with van der Waals surface area (Å²) in [7, 11) is 0. The van der Waals surface area contributed by atoms with Crippen LogP contribution in [0.25, 0.3) is 5.69 Å². The lowest BCUT2D eigenvalue weighted by Gasteiger charge is -2.09. The summed E-state index contributed by atoms with van der Waals surface area (Å²) in [5.74, 6) is -0.843. The van der Waals surface area contributed by atoms with Crippen molar-refractivity contribution < 1.29 is 9.59 Å². The first-order valence-electron chi connectivity index (χ1n) is 7.42. The number of hydrogen-bond donors (Lipinski definition) is 3. The quantitative estimate of drug-likeness (QED) is 0.643. The highest BCUT2D eigenvalue weighted by molar-refractivity contribution is 5.98. The van der Waals surface area contributed by atoms with Gasteiger partial charge in [-0.15, -0.1) is 0 Å². The molecule has 0 aliphatic carbocycles. The van der Waals surface area contributed by atoms with Gasteiger partial charge >= 0.3 is 0 Å². The number of hydrogen-bond acceptors (Lipinski definition) is 3. The van der Waals surface area contributed by atoms with Gasteiger partial charge in [-0.3, -0.25) is 20.4 Å². The van der Waals surface area contributed by atoms with Crippen molar-refractivity contribution in [3.63, 3.8) is 0 Å². The van der Waals surface area contributed by atoms with Gasteiger partial charge in [0.2, 0.25) is 0 Å². The minimum atomic E-state index is -0.424. The van der Waals surface area contributed by atoms with Crippen LogP contribution in [-0.4, -0.2) is 26.6 Å². The molecule has 0 fully saturated rings. The summed E-state index contributed by atoms with van der Waals surface area (Å²) in [5.41, 5.74) is 8.17. The Morgan fingerprint density at radius 1 is 1.04 bits per heavy atom. The highest BCUT2D eigenvalue weighted by atomic mass is 16.2. The number of aromatic amines is 1. The van der Waals surface area contributed by atoms with Gasteiger partial charge < -0.3 is 4.98 Å². The van der Waals surface area contributed by atoms with Gasteiger partial charge in [0.25, 0.3) is 11.8 Å². The second-order valence-corrected chi connectivity index (χ2v) is 5.33. The zero-order valence-electron chi connectivity index (χ0n) is 13.3. The normalized spacial score (nSPS) is 10.4. The van der Waals surface area contributed by atoms with E-state index in [1.54, 1.807) is 29.9 Å². The Bertz CT molecular complexity index is 880. The van der Waals surface area contributed by atoms with Crippen LogP contribution >= 0.6 is 0 Å². The number of carbonyl (C=O) groups excluding carboxylic acids is 2. The molecule has 0 radical (unpaired) electrons. The van der Waals surface area contributed by atoms with Crippen LogP contribution < -0.4 is 10.9 Å². The summed E-state index contributed by atoms with van der Waals surface area (Å²) >= 11 is 0. The Morgan fingerprint density at radius 3 is 2.50 bits per heavy atom. The molecule has 0 bridgehead atoms. The van der Waals surface area contributed by atoms with E-state index in [1.807, 2.05) is 31.2 Å². The van der Waals surface area contributed by atoms with Crippen LogP contribution in [0.3, 0.4) is 0 Å². The maximum Gasteiger partial charge on any atom is 0.286 e. The molecule has 2 aromatic heterocycles. The van der Waals surface area contributed by atoms with Gasteiger partial charge in [0.15, 0.2) is 0 Å². The van der Waals surface area contributed by atoms with Crippen LogP contribution in [0.15, 0.2) is 48.8 Å². The van der Waals surface area contributed by atoms with Gasteiger partial charge in [-0.2, -0.15) is 5.10 Å². The molecule has 7 nitrogen and oxygen atoms in total. The van der Waals surface area contributed by atoms with Crippen molar-refractivity contribution in [2.75, 3.05) is 0 Å². The molecule has 2 amide bonds. The molecule has 122 valence electrons. The number of nitrogens with zero attached hydrogens (tertiary/aromatic N) is 2. The first-order chi connectivity index (χ1) is 11.6. The van der Waals surface area contributed by atoms with Gasteiger partial charge in [-0.05, 0) is 37.6 Å². The zero-order valence-corrected chi connectivity index (χ0v) is 13.3. The molecule has 3 rings (SSSR count). The number of para-hydroxylation sites is 1. The summed E-state index contributed by atoms with van der Waals surface area (Å²) in [4.78, 5) is 26.9. The summed E-state index contributed by atoms with van der Waals surface area (Å²) in [6.45, 7) is 3.79. The van der Waals surface area contributed by atoms with Crippen molar-refractivity contribution in [1.29, 1.82) is 0 Å². The Kier molecular flexibility index (Phi) is 4.15. The Hall–Kier alpha value is -3.35. The molecular formula is C17H17N5O2. The molecule has 7 heteroatoms. The van der Waals surface area contributed by atoms with E-state index >= 15 is 0 Å². The number of rotatable bonds is 3. The third-order valence-corrected chi connectivity index (χ3v) is 3.73. The SMILES string of the molecule is Cc1ccccc1-n1ncc(C(=O)NNC(=O)c2ccc[nH]2)c1C. The maximum absolute atomic E-state index is 12.3. The third-order valence-electron chi connectivity index (χ3n) is 3.73. The fourth-order valence-corrected chi connectivity index (χ4v) is 2.40. The smallest absolute Gasteiger partial charge is 0.286 e. The number of nitrogens with one attached hydrogen (secondary N) is 3. The standard InChI is InChI=1S/C17H17N5O2/c1-11-6-3-4-8-15(11)22-12(2)13(10-19-22)16(23)20-21-17(24)14-7-5-9-18-14/h3-10,18H,1-2H3,(H,20,23)(H,21,24). The van der Waals surface area contributed by atoms with E-state index in [-0.39, 0.29) is 0 Å². The van der Waals surface area contributed by atoms with Gasteiger partial charge in [-0.1, -0.05) is 18.2 Å². The van der Waals surface area contributed by atoms with Crippen LogP contribution in [0.5, 0.6) is 0 Å². The molecule has 2 heterocycles. The average Bonchev–Trinajstić information content (AvgIpc) is 3.23. The van der Waals surface area contributed by atoms with Crippen LogP contribution in [0, 0.1) is 13.8 Å². The highest BCUT2D eigenvalue weighted by Gasteiger charge is 2.16. The van der Waals surface area contributed by atoms with Crippen LogP contribution in [0.2, 0.25) is 0 Å². The summed E-state index contributed by atoms with van der Waals surface area (Å²) in [6, 6.07) is 11.1. The number of benzene rings is 1. The van der Waals surface area contributed by atoms with Crippen molar-refractivity contribution in [3.8, 4) is 5.69 Å². The number of hydrazine groups is 1. The fraction of sp³-hybridized carbons (Fsp3) is 0.118. The second kappa shape index (κ2) is 6.41. The molecule has 0 spiro atoms. The maximum atomic E-state index is 12.3. The lowest BCUT2D eigenvalue weighted by Crippen LogP contribution is -2.41. The van der Waals surface area contributed by atoms with E-state index in [0.29, 0.717) is 17.0 Å². The summed E-state index contributed by atoms with van der Waals surface area (Å²) in [6.07, 6.45) is 3.12.